The van der Waals surface area contributed by atoms with Gasteiger partial charge in [-0.15, -0.1) is 0 Å². The maximum absolute atomic E-state index is 12.6. The van der Waals surface area contributed by atoms with Crippen molar-refractivity contribution < 1.29 is 13.2 Å². The summed E-state index contributed by atoms with van der Waals surface area (Å²) in [7, 11) is -2.24. The minimum Gasteiger partial charge on any atom is -0.335 e. The van der Waals surface area contributed by atoms with Crippen LogP contribution in [0.2, 0.25) is 0 Å². The van der Waals surface area contributed by atoms with E-state index in [0.717, 1.165) is 11.1 Å². The molecule has 22 heavy (non-hydrogen) atoms. The van der Waals surface area contributed by atoms with E-state index in [4.69, 9.17) is 0 Å². The van der Waals surface area contributed by atoms with Crippen molar-refractivity contribution in [3.8, 4) is 0 Å². The highest BCUT2D eigenvalue weighted by molar-refractivity contribution is 7.89. The molecule has 1 N–H and O–H groups in total. The summed E-state index contributed by atoms with van der Waals surface area (Å²) >= 11 is 0. The van der Waals surface area contributed by atoms with Crippen LogP contribution in [0, 0.1) is 13.8 Å². The van der Waals surface area contributed by atoms with Gasteiger partial charge < -0.3 is 4.90 Å². The number of hydrogen-bond acceptors (Lipinski definition) is 3. The van der Waals surface area contributed by atoms with Gasteiger partial charge in [0.15, 0.2) is 0 Å². The first-order chi connectivity index (χ1) is 10.1. The molecule has 0 saturated carbocycles. The molecule has 0 saturated heterocycles. The number of nitrogens with one attached hydrogen (secondary N) is 1. The van der Waals surface area contributed by atoms with E-state index in [1.54, 1.807) is 24.8 Å². The third-order valence-electron chi connectivity index (χ3n) is 3.55. The molecule has 0 aliphatic heterocycles. The van der Waals surface area contributed by atoms with E-state index in [1.165, 1.54) is 13.1 Å². The normalized spacial score (nSPS) is 11.3. The van der Waals surface area contributed by atoms with Gasteiger partial charge in [0.05, 0.1) is 4.90 Å². The molecule has 1 rings (SSSR count). The van der Waals surface area contributed by atoms with Gasteiger partial charge >= 0.3 is 0 Å². The van der Waals surface area contributed by atoms with Crippen LogP contribution in [0.15, 0.2) is 29.2 Å². The summed E-state index contributed by atoms with van der Waals surface area (Å²) in [5.41, 5.74) is 2.67. The van der Waals surface area contributed by atoms with Crippen LogP contribution in [0.1, 0.15) is 35.3 Å². The zero-order chi connectivity index (χ0) is 17.1. The van der Waals surface area contributed by atoms with E-state index in [2.05, 4.69) is 11.3 Å². The Bertz CT molecular complexity index is 694. The molecule has 0 fully saturated rings. The van der Waals surface area contributed by atoms with E-state index in [1.807, 2.05) is 13.8 Å². The maximum atomic E-state index is 12.6. The Hall–Kier alpha value is -1.66. The summed E-state index contributed by atoms with van der Waals surface area (Å²) in [4.78, 5) is 14.4. The molecule has 1 amide bonds. The van der Waals surface area contributed by atoms with Crippen molar-refractivity contribution in [1.29, 1.82) is 0 Å². The number of aryl methyl sites for hydroxylation is 1. The van der Waals surface area contributed by atoms with Crippen molar-refractivity contribution in [3.05, 3.63) is 41.0 Å². The van der Waals surface area contributed by atoms with Crippen molar-refractivity contribution in [2.75, 3.05) is 20.1 Å². The molecule has 0 unspecified atom stereocenters. The maximum Gasteiger partial charge on any atom is 0.254 e. The fourth-order valence-corrected chi connectivity index (χ4v) is 3.24. The minimum absolute atomic E-state index is 0.143. The molecule has 0 aliphatic carbocycles. The van der Waals surface area contributed by atoms with Gasteiger partial charge in [-0.1, -0.05) is 12.2 Å². The summed E-state index contributed by atoms with van der Waals surface area (Å²) in [5.74, 6) is -0.193. The van der Waals surface area contributed by atoms with Crippen LogP contribution >= 0.6 is 0 Å². The molecule has 0 aromatic heterocycles. The van der Waals surface area contributed by atoms with Gasteiger partial charge in [0.25, 0.3) is 5.91 Å². The van der Waals surface area contributed by atoms with Gasteiger partial charge in [-0.2, -0.15) is 0 Å². The minimum atomic E-state index is -3.60. The van der Waals surface area contributed by atoms with Gasteiger partial charge in [-0.05, 0) is 58.0 Å². The highest BCUT2D eigenvalue weighted by Crippen LogP contribution is 2.22. The lowest BCUT2D eigenvalue weighted by Crippen LogP contribution is -2.32. The number of rotatable bonds is 6. The molecule has 0 spiro atoms. The van der Waals surface area contributed by atoms with Crippen LogP contribution in [-0.4, -0.2) is 39.4 Å². The van der Waals surface area contributed by atoms with Crippen molar-refractivity contribution in [1.82, 2.24) is 9.62 Å². The third-order valence-corrected chi connectivity index (χ3v) is 5.10. The molecule has 122 valence electrons. The standard InChI is InChI=1S/C16H24N2O3S/c1-7-18(10-11(2)3)16(19)14-8-12(4)13(5)15(9-14)22(20,21)17-6/h8-9,17H,2,7,10H2,1,3-6H3. The Kier molecular flexibility index (Phi) is 5.91. The quantitative estimate of drug-likeness (QED) is 0.816. The number of hydrogen-bond donors (Lipinski definition) is 1. The van der Waals surface area contributed by atoms with Crippen LogP contribution < -0.4 is 4.72 Å². The Morgan fingerprint density at radius 1 is 1.32 bits per heavy atom. The fourth-order valence-electron chi connectivity index (χ4n) is 2.18. The summed E-state index contributed by atoms with van der Waals surface area (Å²) in [5, 5.41) is 0. The fraction of sp³-hybridized carbons (Fsp3) is 0.438. The molecule has 0 aliphatic rings. The molecule has 5 nitrogen and oxygen atoms in total. The third kappa shape index (κ3) is 3.96. The van der Waals surface area contributed by atoms with E-state index in [0.29, 0.717) is 24.2 Å². The average molecular weight is 324 g/mol. The average Bonchev–Trinajstić information content (AvgIpc) is 2.46. The van der Waals surface area contributed by atoms with Crippen molar-refractivity contribution in [3.63, 3.8) is 0 Å². The summed E-state index contributed by atoms with van der Waals surface area (Å²) in [6.07, 6.45) is 0. The summed E-state index contributed by atoms with van der Waals surface area (Å²) in [6, 6.07) is 3.17. The van der Waals surface area contributed by atoms with Crippen LogP contribution in [0.25, 0.3) is 0 Å². The van der Waals surface area contributed by atoms with Crippen LogP contribution in [0.4, 0.5) is 0 Å². The Morgan fingerprint density at radius 3 is 2.36 bits per heavy atom. The lowest BCUT2D eigenvalue weighted by atomic mass is 10.1. The van der Waals surface area contributed by atoms with Crippen LogP contribution in [0.5, 0.6) is 0 Å². The number of carbonyl (C=O) groups is 1. The number of sulfonamides is 1. The summed E-state index contributed by atoms with van der Waals surface area (Å²) < 4.78 is 26.5. The molecule has 6 heteroatoms. The van der Waals surface area contributed by atoms with Gasteiger partial charge in [0.2, 0.25) is 10.0 Å². The topological polar surface area (TPSA) is 66.5 Å². The van der Waals surface area contributed by atoms with Crippen molar-refractivity contribution >= 4 is 15.9 Å². The predicted octanol–water partition coefficient (Wildman–Crippen LogP) is 2.25. The molecular formula is C16H24N2O3S. The molecule has 0 bridgehead atoms. The molecule has 1 aromatic carbocycles. The predicted molar refractivity (Wildman–Crippen MR) is 88.6 cm³/mol. The highest BCUT2D eigenvalue weighted by atomic mass is 32.2. The Morgan fingerprint density at radius 2 is 1.91 bits per heavy atom. The zero-order valence-corrected chi connectivity index (χ0v) is 14.7. The van der Waals surface area contributed by atoms with E-state index < -0.39 is 10.0 Å². The lowest BCUT2D eigenvalue weighted by molar-refractivity contribution is 0.0778. The SMILES string of the molecule is C=C(C)CN(CC)C(=O)c1cc(C)c(C)c(S(=O)(=O)NC)c1. The smallest absolute Gasteiger partial charge is 0.254 e. The number of benzene rings is 1. The first kappa shape index (κ1) is 18.4. The van der Waals surface area contributed by atoms with Crippen molar-refractivity contribution in [2.24, 2.45) is 0 Å². The van der Waals surface area contributed by atoms with E-state index in [-0.39, 0.29) is 10.8 Å². The first-order valence-corrected chi connectivity index (χ1v) is 8.60. The first-order valence-electron chi connectivity index (χ1n) is 7.12. The van der Waals surface area contributed by atoms with Gasteiger partial charge in [-0.3, -0.25) is 4.79 Å². The second kappa shape index (κ2) is 7.07. The number of amides is 1. The molecule has 0 atom stereocenters. The Balaban J connectivity index is 3.38. The highest BCUT2D eigenvalue weighted by Gasteiger charge is 2.21. The molecule has 0 radical (unpaired) electrons. The molecule has 0 heterocycles. The van der Waals surface area contributed by atoms with Crippen LogP contribution in [-0.2, 0) is 10.0 Å². The Labute approximate surface area is 133 Å². The van der Waals surface area contributed by atoms with Crippen molar-refractivity contribution in [2.45, 2.75) is 32.6 Å². The second-order valence-electron chi connectivity index (χ2n) is 5.40. The largest absolute Gasteiger partial charge is 0.335 e. The van der Waals surface area contributed by atoms with Crippen LogP contribution in [0.3, 0.4) is 0 Å². The van der Waals surface area contributed by atoms with Gasteiger partial charge in [0.1, 0.15) is 0 Å². The summed E-state index contributed by atoms with van der Waals surface area (Å²) in [6.45, 7) is 12.1. The molecule has 1 aromatic rings. The number of carbonyl (C=O) groups excluding carboxylic acids is 1. The monoisotopic (exact) mass is 324 g/mol. The number of nitrogens with zero attached hydrogens (tertiary/aromatic N) is 1. The second-order valence-corrected chi connectivity index (χ2v) is 7.26. The van der Waals surface area contributed by atoms with E-state index >= 15 is 0 Å². The van der Waals surface area contributed by atoms with Gasteiger partial charge in [-0.25, -0.2) is 13.1 Å². The molecular weight excluding hydrogens is 300 g/mol. The number of likely N-dealkylation sites (N-methyl/N-ethyl adjacent to an activating group) is 1. The lowest BCUT2D eigenvalue weighted by Gasteiger charge is -2.22. The van der Waals surface area contributed by atoms with Gasteiger partial charge in [0, 0.05) is 18.7 Å². The zero-order valence-electron chi connectivity index (χ0n) is 13.9. The van der Waals surface area contributed by atoms with E-state index in [9.17, 15) is 13.2 Å².